The summed E-state index contributed by atoms with van der Waals surface area (Å²) in [7, 11) is 0. The molecule has 0 radical (unpaired) electrons. The fourth-order valence-electron chi connectivity index (χ4n) is 2.34. The molecule has 0 aliphatic heterocycles. The summed E-state index contributed by atoms with van der Waals surface area (Å²) in [6, 6.07) is 11.2. The van der Waals surface area contributed by atoms with Gasteiger partial charge in [0.2, 0.25) is 0 Å². The molecule has 1 aromatic carbocycles. The Labute approximate surface area is 145 Å². The third-order valence-electron chi connectivity index (χ3n) is 3.54. The zero-order valence-corrected chi connectivity index (χ0v) is 13.8. The molecule has 0 aliphatic carbocycles. The predicted octanol–water partition coefficient (Wildman–Crippen LogP) is 4.43. The Morgan fingerprint density at radius 2 is 1.96 bits per heavy atom. The van der Waals surface area contributed by atoms with Crippen molar-refractivity contribution in [2.24, 2.45) is 0 Å². The van der Waals surface area contributed by atoms with E-state index >= 15 is 0 Å². The smallest absolute Gasteiger partial charge is 0.149 e. The van der Waals surface area contributed by atoms with E-state index in [0.29, 0.717) is 16.5 Å². The number of benzene rings is 1. The predicted molar refractivity (Wildman–Crippen MR) is 99.2 cm³/mol. The summed E-state index contributed by atoms with van der Waals surface area (Å²) in [5.41, 5.74) is 10.6. The minimum atomic E-state index is 0.521. The Kier molecular flexibility index (Phi) is 4.44. The highest BCUT2D eigenvalue weighted by atomic mass is 35.5. The van der Waals surface area contributed by atoms with E-state index in [2.05, 4.69) is 15.3 Å². The number of nitrogens with one attached hydrogen (secondary N) is 2. The van der Waals surface area contributed by atoms with Gasteiger partial charge in [0.25, 0.3) is 0 Å². The molecule has 0 saturated carbocycles. The second-order valence-corrected chi connectivity index (χ2v) is 5.77. The molecule has 0 saturated heterocycles. The van der Waals surface area contributed by atoms with Gasteiger partial charge in [0, 0.05) is 41.1 Å². The summed E-state index contributed by atoms with van der Waals surface area (Å²) in [6.45, 7) is 1.90. The average molecular weight is 338 g/mol. The van der Waals surface area contributed by atoms with Gasteiger partial charge in [-0.25, -0.2) is 4.98 Å². The van der Waals surface area contributed by atoms with Gasteiger partial charge in [-0.05, 0) is 36.8 Å². The zero-order chi connectivity index (χ0) is 17.1. The van der Waals surface area contributed by atoms with Crippen LogP contribution < -0.4 is 11.1 Å². The molecule has 2 heterocycles. The average Bonchev–Trinajstić information content (AvgIpc) is 2.58. The second kappa shape index (κ2) is 6.68. The van der Waals surface area contributed by atoms with Crippen LogP contribution in [0.3, 0.4) is 0 Å². The summed E-state index contributed by atoms with van der Waals surface area (Å²) in [5, 5.41) is 11.3. The van der Waals surface area contributed by atoms with E-state index in [1.165, 1.54) is 6.21 Å². The van der Waals surface area contributed by atoms with Gasteiger partial charge in [0.05, 0.1) is 10.7 Å². The van der Waals surface area contributed by atoms with Crippen LogP contribution in [0, 0.1) is 12.3 Å². The number of anilines is 3. The molecule has 0 spiro atoms. The Morgan fingerprint density at radius 1 is 1.12 bits per heavy atom. The number of hydrogen-bond acceptors (Lipinski definition) is 5. The molecule has 0 fully saturated rings. The molecular formula is C18H16ClN5. The largest absolute Gasteiger partial charge is 0.397 e. The lowest BCUT2D eigenvalue weighted by Gasteiger charge is -2.13. The van der Waals surface area contributed by atoms with E-state index in [9.17, 15) is 0 Å². The molecule has 0 aliphatic rings. The normalized spacial score (nSPS) is 10.4. The van der Waals surface area contributed by atoms with E-state index in [-0.39, 0.29) is 0 Å². The molecule has 24 heavy (non-hydrogen) atoms. The third kappa shape index (κ3) is 3.36. The van der Waals surface area contributed by atoms with E-state index in [4.69, 9.17) is 22.7 Å². The summed E-state index contributed by atoms with van der Waals surface area (Å²) in [5.74, 6) is 0.558. The number of halogens is 1. The molecule has 3 aromatic rings. The third-order valence-corrected chi connectivity index (χ3v) is 3.84. The lowest BCUT2D eigenvalue weighted by atomic mass is 10.0. The lowest BCUT2D eigenvalue weighted by molar-refractivity contribution is 1.20. The van der Waals surface area contributed by atoms with Gasteiger partial charge in [-0.1, -0.05) is 23.7 Å². The van der Waals surface area contributed by atoms with Crippen molar-refractivity contribution >= 4 is 35.0 Å². The monoisotopic (exact) mass is 337 g/mol. The summed E-state index contributed by atoms with van der Waals surface area (Å²) in [4.78, 5) is 8.53. The van der Waals surface area contributed by atoms with Crippen LogP contribution in [0.1, 0.15) is 11.3 Å². The summed E-state index contributed by atoms with van der Waals surface area (Å²) < 4.78 is 0. The molecule has 0 bridgehead atoms. The number of aryl methyl sites for hydroxylation is 1. The molecule has 2 aromatic heterocycles. The van der Waals surface area contributed by atoms with Gasteiger partial charge < -0.3 is 16.5 Å². The van der Waals surface area contributed by atoms with Crippen LogP contribution in [0.5, 0.6) is 0 Å². The minimum absolute atomic E-state index is 0.521. The van der Waals surface area contributed by atoms with Crippen LogP contribution in [0.4, 0.5) is 17.2 Å². The Balaban J connectivity index is 2.04. The maximum Gasteiger partial charge on any atom is 0.149 e. The lowest BCUT2D eigenvalue weighted by Crippen LogP contribution is -2.00. The van der Waals surface area contributed by atoms with Gasteiger partial charge in [-0.15, -0.1) is 0 Å². The summed E-state index contributed by atoms with van der Waals surface area (Å²) >= 11 is 6.21. The van der Waals surface area contributed by atoms with Crippen molar-refractivity contribution in [1.82, 2.24) is 9.97 Å². The number of nitrogen functional groups attached to an aromatic ring is 1. The Hall–Kier alpha value is -2.92. The highest BCUT2D eigenvalue weighted by molar-refractivity contribution is 6.33. The van der Waals surface area contributed by atoms with Crippen LogP contribution in [-0.4, -0.2) is 16.2 Å². The van der Waals surface area contributed by atoms with Crippen LogP contribution in [0.2, 0.25) is 5.02 Å². The van der Waals surface area contributed by atoms with Crippen molar-refractivity contribution in [3.63, 3.8) is 0 Å². The summed E-state index contributed by atoms with van der Waals surface area (Å²) in [6.07, 6.45) is 4.63. The van der Waals surface area contributed by atoms with Crippen LogP contribution in [-0.2, 0) is 0 Å². The molecule has 3 rings (SSSR count). The highest BCUT2D eigenvalue weighted by Crippen LogP contribution is 2.29. The number of nitrogens with two attached hydrogens (primary N) is 1. The van der Waals surface area contributed by atoms with Crippen molar-refractivity contribution < 1.29 is 0 Å². The van der Waals surface area contributed by atoms with Crippen LogP contribution in [0.25, 0.3) is 11.1 Å². The van der Waals surface area contributed by atoms with E-state index in [1.807, 2.05) is 37.3 Å². The van der Waals surface area contributed by atoms with Crippen molar-refractivity contribution in [3.05, 3.63) is 65.1 Å². The van der Waals surface area contributed by atoms with Crippen LogP contribution >= 0.6 is 11.6 Å². The molecule has 120 valence electrons. The molecule has 0 unspecified atom stereocenters. The van der Waals surface area contributed by atoms with E-state index in [1.54, 1.807) is 18.5 Å². The SMILES string of the molecule is Cc1ccc(Cl)c(Nc2cc(-c3cncc(N)c3)ccc2C=N)n1. The second-order valence-electron chi connectivity index (χ2n) is 5.36. The first-order chi connectivity index (χ1) is 11.6. The van der Waals surface area contributed by atoms with E-state index < -0.39 is 0 Å². The Bertz CT molecular complexity index is 908. The zero-order valence-electron chi connectivity index (χ0n) is 13.0. The number of pyridine rings is 2. The fourth-order valence-corrected chi connectivity index (χ4v) is 2.49. The number of hydrogen-bond donors (Lipinski definition) is 3. The van der Waals surface area contributed by atoms with Gasteiger partial charge in [-0.3, -0.25) is 4.98 Å². The van der Waals surface area contributed by atoms with Gasteiger partial charge in [0.1, 0.15) is 5.82 Å². The van der Waals surface area contributed by atoms with Gasteiger partial charge in [-0.2, -0.15) is 0 Å². The number of nitrogens with zero attached hydrogens (tertiary/aromatic N) is 2. The van der Waals surface area contributed by atoms with E-state index in [0.717, 1.165) is 28.1 Å². The molecule has 0 amide bonds. The highest BCUT2D eigenvalue weighted by Gasteiger charge is 2.08. The molecule has 5 nitrogen and oxygen atoms in total. The molecule has 4 N–H and O–H groups in total. The first-order valence-corrected chi connectivity index (χ1v) is 7.70. The van der Waals surface area contributed by atoms with Crippen LogP contribution in [0.15, 0.2) is 48.8 Å². The molecular weight excluding hydrogens is 322 g/mol. The van der Waals surface area contributed by atoms with Gasteiger partial charge >= 0.3 is 0 Å². The Morgan fingerprint density at radius 3 is 2.71 bits per heavy atom. The first-order valence-electron chi connectivity index (χ1n) is 7.32. The quantitative estimate of drug-likeness (QED) is 0.614. The topological polar surface area (TPSA) is 87.7 Å². The van der Waals surface area contributed by atoms with Gasteiger partial charge in [0.15, 0.2) is 0 Å². The fraction of sp³-hybridized carbons (Fsp3) is 0.0556. The minimum Gasteiger partial charge on any atom is -0.397 e. The molecule has 6 heteroatoms. The number of rotatable bonds is 4. The van der Waals surface area contributed by atoms with Crippen molar-refractivity contribution in [1.29, 1.82) is 5.41 Å². The van der Waals surface area contributed by atoms with Crippen molar-refractivity contribution in [2.75, 3.05) is 11.1 Å². The van der Waals surface area contributed by atoms with Crippen molar-refractivity contribution in [3.8, 4) is 11.1 Å². The maximum atomic E-state index is 7.60. The number of aromatic nitrogens is 2. The first kappa shape index (κ1) is 16.0. The maximum absolute atomic E-state index is 7.60. The van der Waals surface area contributed by atoms with Crippen molar-refractivity contribution in [2.45, 2.75) is 6.92 Å². The molecule has 0 atom stereocenters. The standard InChI is InChI=1S/C18H16ClN5/c1-11-2-5-16(19)18(23-11)24-17-7-12(3-4-13(17)8-20)14-6-15(21)10-22-9-14/h2-10,20H,21H2,1H3,(H,23,24).